The van der Waals surface area contributed by atoms with Gasteiger partial charge in [0.15, 0.2) is 0 Å². The minimum Gasteiger partial charge on any atom is -0.347 e. The van der Waals surface area contributed by atoms with E-state index in [9.17, 15) is 9.59 Å². The summed E-state index contributed by atoms with van der Waals surface area (Å²) >= 11 is 0. The van der Waals surface area contributed by atoms with Crippen LogP contribution in [0.1, 0.15) is 11.3 Å². The van der Waals surface area contributed by atoms with Gasteiger partial charge in [-0.1, -0.05) is 30.3 Å². The minimum atomic E-state index is -0.547. The lowest BCUT2D eigenvalue weighted by Crippen LogP contribution is -2.42. The molecule has 0 saturated carbocycles. The molecule has 0 aliphatic carbocycles. The van der Waals surface area contributed by atoms with Gasteiger partial charge >= 0.3 is 0 Å². The molecular weight excluding hydrogens is 392 g/mol. The molecule has 4 rings (SSSR count). The Hall–Kier alpha value is -4.04. The fraction of sp³-hybridized carbons (Fsp3) is 0.130. The first-order chi connectivity index (χ1) is 15.2. The number of imidazole rings is 1. The van der Waals surface area contributed by atoms with Gasteiger partial charge in [0.05, 0.1) is 12.4 Å². The SMILES string of the molecule is O=C(Nc1cc(-c2ccncc2)c[nH]c1=O)[C@H](Cc1ccccc1)NCc1cnc[nH]1. The van der Waals surface area contributed by atoms with E-state index in [0.717, 1.165) is 22.4 Å². The highest BCUT2D eigenvalue weighted by Gasteiger charge is 2.20. The number of hydrogen-bond acceptors (Lipinski definition) is 5. The van der Waals surface area contributed by atoms with Crippen LogP contribution in [0.5, 0.6) is 0 Å². The van der Waals surface area contributed by atoms with Crippen molar-refractivity contribution in [3.63, 3.8) is 0 Å². The first kappa shape index (κ1) is 20.2. The highest BCUT2D eigenvalue weighted by atomic mass is 16.2. The van der Waals surface area contributed by atoms with E-state index in [-0.39, 0.29) is 17.2 Å². The quantitative estimate of drug-likeness (QED) is 0.354. The van der Waals surface area contributed by atoms with Crippen LogP contribution in [0.2, 0.25) is 0 Å². The molecule has 0 aliphatic heterocycles. The number of anilines is 1. The van der Waals surface area contributed by atoms with Gasteiger partial charge in [-0.05, 0) is 35.7 Å². The molecule has 8 heteroatoms. The molecular formula is C23H22N6O2. The normalized spacial score (nSPS) is 11.7. The Morgan fingerprint density at radius 3 is 2.55 bits per heavy atom. The molecule has 1 atom stereocenters. The summed E-state index contributed by atoms with van der Waals surface area (Å²) in [7, 11) is 0. The molecule has 0 fully saturated rings. The molecule has 0 radical (unpaired) electrons. The third-order valence-electron chi connectivity index (χ3n) is 4.87. The number of carbonyl (C=O) groups is 1. The van der Waals surface area contributed by atoms with Crippen LogP contribution in [-0.4, -0.2) is 31.9 Å². The molecule has 156 valence electrons. The first-order valence-corrected chi connectivity index (χ1v) is 9.87. The lowest BCUT2D eigenvalue weighted by molar-refractivity contribution is -0.118. The second kappa shape index (κ2) is 9.64. The number of nitrogens with one attached hydrogen (secondary N) is 4. The zero-order valence-corrected chi connectivity index (χ0v) is 16.7. The molecule has 3 aromatic heterocycles. The summed E-state index contributed by atoms with van der Waals surface area (Å²) in [6.07, 6.45) is 8.73. The number of nitrogens with zero attached hydrogens (tertiary/aromatic N) is 2. The molecule has 0 saturated heterocycles. The monoisotopic (exact) mass is 414 g/mol. The molecule has 0 unspecified atom stereocenters. The number of amides is 1. The van der Waals surface area contributed by atoms with E-state index in [0.29, 0.717) is 13.0 Å². The van der Waals surface area contributed by atoms with Gasteiger partial charge < -0.3 is 15.3 Å². The Bertz CT molecular complexity index is 1170. The second-order valence-corrected chi connectivity index (χ2v) is 7.06. The Morgan fingerprint density at radius 1 is 1.00 bits per heavy atom. The van der Waals surface area contributed by atoms with Crippen LogP contribution in [0, 0.1) is 0 Å². The lowest BCUT2D eigenvalue weighted by Gasteiger charge is -2.18. The number of H-pyrrole nitrogens is 2. The molecule has 4 N–H and O–H groups in total. The molecule has 3 heterocycles. The summed E-state index contributed by atoms with van der Waals surface area (Å²) < 4.78 is 0. The largest absolute Gasteiger partial charge is 0.347 e. The van der Waals surface area contributed by atoms with E-state index < -0.39 is 6.04 Å². The van der Waals surface area contributed by atoms with E-state index in [4.69, 9.17) is 0 Å². The molecule has 1 amide bonds. The minimum absolute atomic E-state index is 0.195. The molecule has 31 heavy (non-hydrogen) atoms. The van der Waals surface area contributed by atoms with E-state index in [1.165, 1.54) is 0 Å². The molecule has 4 aromatic rings. The van der Waals surface area contributed by atoms with Crippen LogP contribution in [0.15, 0.2) is 84.4 Å². The van der Waals surface area contributed by atoms with Crippen LogP contribution in [0.25, 0.3) is 11.1 Å². The van der Waals surface area contributed by atoms with Gasteiger partial charge in [-0.3, -0.25) is 19.9 Å². The maximum atomic E-state index is 13.1. The number of carbonyl (C=O) groups excluding carboxylic acids is 1. The van der Waals surface area contributed by atoms with E-state index in [1.54, 1.807) is 37.2 Å². The molecule has 0 aliphatic rings. The highest BCUT2D eigenvalue weighted by Crippen LogP contribution is 2.19. The van der Waals surface area contributed by atoms with Gasteiger partial charge in [0.25, 0.3) is 5.56 Å². The topological polar surface area (TPSA) is 116 Å². The number of aromatic amines is 2. The van der Waals surface area contributed by atoms with Crippen molar-refractivity contribution < 1.29 is 4.79 Å². The van der Waals surface area contributed by atoms with Crippen molar-refractivity contribution in [2.45, 2.75) is 19.0 Å². The van der Waals surface area contributed by atoms with Crippen LogP contribution >= 0.6 is 0 Å². The Labute approximate surface area is 178 Å². The molecule has 1 aromatic carbocycles. The summed E-state index contributed by atoms with van der Waals surface area (Å²) in [4.78, 5) is 39.2. The summed E-state index contributed by atoms with van der Waals surface area (Å²) in [5.41, 5.74) is 3.38. The molecule has 0 bridgehead atoms. The van der Waals surface area contributed by atoms with E-state index >= 15 is 0 Å². The van der Waals surface area contributed by atoms with Crippen molar-refractivity contribution in [2.24, 2.45) is 0 Å². The fourth-order valence-corrected chi connectivity index (χ4v) is 3.23. The lowest BCUT2D eigenvalue weighted by atomic mass is 10.0. The van der Waals surface area contributed by atoms with Crippen LogP contribution in [0.4, 0.5) is 5.69 Å². The third kappa shape index (κ3) is 5.31. The standard InChI is InChI=1S/C23H22N6O2/c30-22-21(11-18(12-27-22)17-6-8-24-9-7-17)29-23(31)20(10-16-4-2-1-3-5-16)26-14-19-13-25-15-28-19/h1-9,11-13,15,20,26H,10,14H2,(H,25,28)(H,27,30)(H,29,31)/t20-/m0/s1. The Balaban J connectivity index is 1.54. The van der Waals surface area contributed by atoms with Gasteiger partial charge in [0.2, 0.25) is 5.91 Å². The summed E-state index contributed by atoms with van der Waals surface area (Å²) in [5.74, 6) is -0.291. The Kier molecular flexibility index (Phi) is 6.29. The maximum absolute atomic E-state index is 13.1. The van der Waals surface area contributed by atoms with E-state index in [1.807, 2.05) is 42.5 Å². The predicted octanol–water partition coefficient (Wildman–Crippen LogP) is 2.50. The number of pyridine rings is 2. The van der Waals surface area contributed by atoms with Gasteiger partial charge in [-0.25, -0.2) is 4.98 Å². The number of benzene rings is 1. The maximum Gasteiger partial charge on any atom is 0.271 e. The van der Waals surface area contributed by atoms with E-state index in [2.05, 4.69) is 30.6 Å². The molecule has 8 nitrogen and oxygen atoms in total. The predicted molar refractivity (Wildman–Crippen MR) is 118 cm³/mol. The van der Waals surface area contributed by atoms with Crippen LogP contribution < -0.4 is 16.2 Å². The van der Waals surface area contributed by atoms with Crippen LogP contribution in [0.3, 0.4) is 0 Å². The van der Waals surface area contributed by atoms with Crippen molar-refractivity contribution in [1.29, 1.82) is 0 Å². The summed E-state index contributed by atoms with van der Waals surface area (Å²) in [5, 5.41) is 6.04. The average Bonchev–Trinajstić information content (AvgIpc) is 3.33. The van der Waals surface area contributed by atoms with Gasteiger partial charge in [-0.2, -0.15) is 0 Å². The smallest absolute Gasteiger partial charge is 0.271 e. The summed E-state index contributed by atoms with van der Waals surface area (Å²) in [6.45, 7) is 0.443. The average molecular weight is 414 g/mol. The van der Waals surface area contributed by atoms with Gasteiger partial charge in [-0.15, -0.1) is 0 Å². The third-order valence-corrected chi connectivity index (χ3v) is 4.87. The first-order valence-electron chi connectivity index (χ1n) is 9.87. The van der Waals surface area contributed by atoms with Crippen molar-refractivity contribution in [1.82, 2.24) is 25.3 Å². The zero-order valence-electron chi connectivity index (χ0n) is 16.7. The number of aromatic nitrogens is 4. The molecule has 0 spiro atoms. The van der Waals surface area contributed by atoms with Gasteiger partial charge in [0.1, 0.15) is 5.69 Å². The van der Waals surface area contributed by atoms with Crippen molar-refractivity contribution >= 4 is 11.6 Å². The van der Waals surface area contributed by atoms with Crippen molar-refractivity contribution in [3.05, 3.63) is 101 Å². The summed E-state index contributed by atoms with van der Waals surface area (Å²) in [6, 6.07) is 14.5. The number of rotatable bonds is 8. The van der Waals surface area contributed by atoms with Crippen molar-refractivity contribution in [2.75, 3.05) is 5.32 Å². The van der Waals surface area contributed by atoms with Crippen LogP contribution in [-0.2, 0) is 17.8 Å². The second-order valence-electron chi connectivity index (χ2n) is 7.06. The fourth-order valence-electron chi connectivity index (χ4n) is 3.23. The Morgan fingerprint density at radius 2 is 1.81 bits per heavy atom. The zero-order chi connectivity index (χ0) is 21.5. The van der Waals surface area contributed by atoms with Gasteiger partial charge in [0, 0.05) is 42.6 Å². The highest BCUT2D eigenvalue weighted by molar-refractivity contribution is 5.95. The van der Waals surface area contributed by atoms with Crippen molar-refractivity contribution in [3.8, 4) is 11.1 Å². The number of hydrogen-bond donors (Lipinski definition) is 4.